The molecule has 1 aromatic rings. The largest absolute Gasteiger partial charge is 0.493 e. The minimum absolute atomic E-state index is 0.0524. The molecule has 17 heavy (non-hydrogen) atoms. The summed E-state index contributed by atoms with van der Waals surface area (Å²) >= 11 is 0. The van der Waals surface area contributed by atoms with Crippen LogP contribution < -0.4 is 10.5 Å². The van der Waals surface area contributed by atoms with Crippen molar-refractivity contribution in [3.8, 4) is 5.75 Å². The first-order chi connectivity index (χ1) is 8.11. The van der Waals surface area contributed by atoms with Crippen molar-refractivity contribution in [2.24, 2.45) is 17.6 Å². The Morgan fingerprint density at radius 2 is 1.94 bits per heavy atom. The molecule has 0 saturated heterocycles. The van der Waals surface area contributed by atoms with Gasteiger partial charge in [-0.25, -0.2) is 0 Å². The number of aliphatic hydroxyl groups excluding tert-OH is 1. The fraction of sp³-hybridized carbons (Fsp3) is 0.571. The molecule has 3 N–H and O–H groups in total. The zero-order chi connectivity index (χ0) is 12.8. The SMILES string of the molecule is CCOc1ccccc1C(O)C(CN)C(C)C. The number of para-hydroxylation sites is 1. The van der Waals surface area contributed by atoms with E-state index in [9.17, 15) is 5.11 Å². The van der Waals surface area contributed by atoms with E-state index >= 15 is 0 Å². The molecule has 0 aliphatic carbocycles. The lowest BCUT2D eigenvalue weighted by atomic mass is 9.86. The first-order valence-electron chi connectivity index (χ1n) is 6.21. The summed E-state index contributed by atoms with van der Waals surface area (Å²) in [6.07, 6.45) is -0.567. The van der Waals surface area contributed by atoms with Gasteiger partial charge < -0.3 is 15.6 Å². The second-order valence-corrected chi connectivity index (χ2v) is 4.56. The van der Waals surface area contributed by atoms with Crippen LogP contribution in [0, 0.1) is 11.8 Å². The second-order valence-electron chi connectivity index (χ2n) is 4.56. The molecule has 0 bridgehead atoms. The molecule has 0 fully saturated rings. The van der Waals surface area contributed by atoms with Gasteiger partial charge in [-0.05, 0) is 25.5 Å². The van der Waals surface area contributed by atoms with Crippen LogP contribution in [-0.2, 0) is 0 Å². The van der Waals surface area contributed by atoms with Crippen LogP contribution in [-0.4, -0.2) is 18.3 Å². The number of hydrogen-bond acceptors (Lipinski definition) is 3. The van der Waals surface area contributed by atoms with Crippen LogP contribution in [0.1, 0.15) is 32.4 Å². The standard InChI is InChI=1S/C14H23NO2/c1-4-17-13-8-6-5-7-11(13)14(16)12(9-15)10(2)3/h5-8,10,12,14,16H,4,9,15H2,1-3H3. The van der Waals surface area contributed by atoms with Crippen LogP contribution in [0.2, 0.25) is 0 Å². The van der Waals surface area contributed by atoms with Gasteiger partial charge in [0.2, 0.25) is 0 Å². The van der Waals surface area contributed by atoms with Crippen LogP contribution in [0.3, 0.4) is 0 Å². The Bertz CT molecular complexity index is 339. The van der Waals surface area contributed by atoms with Crippen LogP contribution >= 0.6 is 0 Å². The molecule has 0 aromatic heterocycles. The molecule has 2 atom stereocenters. The predicted octanol–water partition coefficient (Wildman–Crippen LogP) is 2.35. The quantitative estimate of drug-likeness (QED) is 0.798. The van der Waals surface area contributed by atoms with Crippen LogP contribution in [0.25, 0.3) is 0 Å². The normalized spacial score (nSPS) is 14.7. The molecular formula is C14H23NO2. The molecule has 0 amide bonds. The van der Waals surface area contributed by atoms with Crippen molar-refractivity contribution in [3.05, 3.63) is 29.8 Å². The molecule has 0 heterocycles. The zero-order valence-corrected chi connectivity index (χ0v) is 10.9. The lowest BCUT2D eigenvalue weighted by molar-refractivity contribution is 0.0831. The minimum atomic E-state index is -0.567. The smallest absolute Gasteiger partial charge is 0.125 e. The van der Waals surface area contributed by atoms with Gasteiger partial charge in [0.15, 0.2) is 0 Å². The molecule has 0 saturated carbocycles. The van der Waals surface area contributed by atoms with Crippen molar-refractivity contribution < 1.29 is 9.84 Å². The molecule has 0 spiro atoms. The Hall–Kier alpha value is -1.06. The molecule has 1 rings (SSSR count). The van der Waals surface area contributed by atoms with Crippen molar-refractivity contribution in [1.29, 1.82) is 0 Å². The summed E-state index contributed by atoms with van der Waals surface area (Å²) in [5.74, 6) is 1.14. The number of ether oxygens (including phenoxy) is 1. The van der Waals surface area contributed by atoms with E-state index in [1.165, 1.54) is 0 Å². The van der Waals surface area contributed by atoms with Gasteiger partial charge >= 0.3 is 0 Å². The molecule has 3 nitrogen and oxygen atoms in total. The van der Waals surface area contributed by atoms with Gasteiger partial charge in [0.1, 0.15) is 5.75 Å². The van der Waals surface area contributed by atoms with E-state index in [4.69, 9.17) is 10.5 Å². The minimum Gasteiger partial charge on any atom is -0.493 e. The van der Waals surface area contributed by atoms with E-state index in [-0.39, 0.29) is 5.92 Å². The van der Waals surface area contributed by atoms with Gasteiger partial charge in [-0.3, -0.25) is 0 Å². The predicted molar refractivity (Wildman–Crippen MR) is 70.0 cm³/mol. The van der Waals surface area contributed by atoms with Crippen LogP contribution in [0.15, 0.2) is 24.3 Å². The van der Waals surface area contributed by atoms with Gasteiger partial charge in [-0.15, -0.1) is 0 Å². The highest BCUT2D eigenvalue weighted by Gasteiger charge is 2.25. The Labute approximate surface area is 104 Å². The number of hydrogen-bond donors (Lipinski definition) is 2. The fourth-order valence-corrected chi connectivity index (χ4v) is 2.01. The van der Waals surface area contributed by atoms with Crippen LogP contribution in [0.5, 0.6) is 5.75 Å². The molecule has 3 heteroatoms. The maximum absolute atomic E-state index is 10.4. The van der Waals surface area contributed by atoms with Crippen molar-refractivity contribution in [2.75, 3.05) is 13.2 Å². The van der Waals surface area contributed by atoms with E-state index in [1.54, 1.807) is 0 Å². The average Bonchev–Trinajstić information content (AvgIpc) is 2.30. The average molecular weight is 237 g/mol. The van der Waals surface area contributed by atoms with E-state index in [2.05, 4.69) is 13.8 Å². The Balaban J connectivity index is 2.97. The Morgan fingerprint density at radius 1 is 1.29 bits per heavy atom. The summed E-state index contributed by atoms with van der Waals surface area (Å²) in [7, 11) is 0. The Morgan fingerprint density at radius 3 is 2.47 bits per heavy atom. The van der Waals surface area contributed by atoms with E-state index < -0.39 is 6.10 Å². The van der Waals surface area contributed by atoms with Crippen molar-refractivity contribution >= 4 is 0 Å². The Kier molecular flexibility index (Phi) is 5.45. The highest BCUT2D eigenvalue weighted by atomic mass is 16.5. The van der Waals surface area contributed by atoms with Gasteiger partial charge in [-0.1, -0.05) is 32.0 Å². The number of nitrogens with two attached hydrogens (primary N) is 1. The van der Waals surface area contributed by atoms with Crippen molar-refractivity contribution in [2.45, 2.75) is 26.9 Å². The maximum Gasteiger partial charge on any atom is 0.125 e. The highest BCUT2D eigenvalue weighted by molar-refractivity contribution is 5.35. The molecule has 0 aliphatic rings. The molecule has 0 aliphatic heterocycles. The third-order valence-corrected chi connectivity index (χ3v) is 3.07. The third kappa shape index (κ3) is 3.45. The lowest BCUT2D eigenvalue weighted by Crippen LogP contribution is -2.27. The molecule has 0 radical (unpaired) electrons. The monoisotopic (exact) mass is 237 g/mol. The zero-order valence-electron chi connectivity index (χ0n) is 10.9. The van der Waals surface area contributed by atoms with Gasteiger partial charge in [0.05, 0.1) is 12.7 Å². The third-order valence-electron chi connectivity index (χ3n) is 3.07. The first-order valence-corrected chi connectivity index (χ1v) is 6.21. The number of aliphatic hydroxyl groups is 1. The lowest BCUT2D eigenvalue weighted by Gasteiger charge is -2.26. The van der Waals surface area contributed by atoms with Gasteiger partial charge in [-0.2, -0.15) is 0 Å². The van der Waals surface area contributed by atoms with Crippen LogP contribution in [0.4, 0.5) is 0 Å². The summed E-state index contributed by atoms with van der Waals surface area (Å²) in [4.78, 5) is 0. The molecular weight excluding hydrogens is 214 g/mol. The molecule has 2 unspecified atom stereocenters. The second kappa shape index (κ2) is 6.62. The van der Waals surface area contributed by atoms with Crippen molar-refractivity contribution in [1.82, 2.24) is 0 Å². The highest BCUT2D eigenvalue weighted by Crippen LogP contribution is 2.33. The summed E-state index contributed by atoms with van der Waals surface area (Å²) in [5.41, 5.74) is 6.57. The topological polar surface area (TPSA) is 55.5 Å². The van der Waals surface area contributed by atoms with Gasteiger partial charge in [0, 0.05) is 11.5 Å². The summed E-state index contributed by atoms with van der Waals surface area (Å²) in [6, 6.07) is 7.61. The molecule has 96 valence electrons. The number of benzene rings is 1. The molecule has 1 aromatic carbocycles. The van der Waals surface area contributed by atoms with E-state index in [1.807, 2.05) is 31.2 Å². The fourth-order valence-electron chi connectivity index (χ4n) is 2.01. The first kappa shape index (κ1) is 14.0. The van der Waals surface area contributed by atoms with Crippen molar-refractivity contribution in [3.63, 3.8) is 0 Å². The van der Waals surface area contributed by atoms with E-state index in [0.29, 0.717) is 19.1 Å². The summed E-state index contributed by atoms with van der Waals surface area (Å²) in [6.45, 7) is 7.15. The van der Waals surface area contributed by atoms with E-state index in [0.717, 1.165) is 11.3 Å². The summed E-state index contributed by atoms with van der Waals surface area (Å²) < 4.78 is 5.53. The summed E-state index contributed by atoms with van der Waals surface area (Å²) in [5, 5.41) is 10.4. The maximum atomic E-state index is 10.4. The number of rotatable bonds is 6. The van der Waals surface area contributed by atoms with Gasteiger partial charge in [0.25, 0.3) is 0 Å².